The molecule has 1 N–H and O–H groups in total. The number of hydrogen-bond acceptors (Lipinski definition) is 4. The van der Waals surface area contributed by atoms with Crippen molar-refractivity contribution in [3.8, 4) is 5.75 Å². The number of ether oxygens (including phenoxy) is 1. The predicted octanol–water partition coefficient (Wildman–Crippen LogP) is 2.05. The first-order valence-electron chi connectivity index (χ1n) is 8.26. The summed E-state index contributed by atoms with van der Waals surface area (Å²) in [5.41, 5.74) is 0.395. The van der Waals surface area contributed by atoms with Crippen LogP contribution in [0.5, 0.6) is 5.75 Å². The Hall–Kier alpha value is -2.05. The Morgan fingerprint density at radius 1 is 1.32 bits per heavy atom. The van der Waals surface area contributed by atoms with E-state index in [2.05, 4.69) is 10.4 Å². The molecule has 0 aliphatic carbocycles. The summed E-state index contributed by atoms with van der Waals surface area (Å²) in [4.78, 5) is 15.1. The third kappa shape index (κ3) is 3.80. The summed E-state index contributed by atoms with van der Waals surface area (Å²) in [6, 6.07) is 9.68. The number of methoxy groups -OCH3 is 1. The molecule has 1 aromatic carbocycles. The molecule has 6 nitrogen and oxygen atoms in total. The molecule has 1 aliphatic heterocycles. The quantitative estimate of drug-likeness (QED) is 0.882. The minimum absolute atomic E-state index is 0. The van der Waals surface area contributed by atoms with Crippen LogP contribution in [0.1, 0.15) is 18.4 Å². The van der Waals surface area contributed by atoms with Gasteiger partial charge in [0.25, 0.3) is 5.91 Å². The van der Waals surface area contributed by atoms with Crippen LogP contribution in [-0.2, 0) is 16.9 Å². The second-order valence-electron chi connectivity index (χ2n) is 6.21. The van der Waals surface area contributed by atoms with Crippen molar-refractivity contribution in [2.45, 2.75) is 24.9 Å². The zero-order valence-electron chi connectivity index (χ0n) is 14.6. The Morgan fingerprint density at radius 2 is 2.04 bits per heavy atom. The Balaban J connectivity index is 0.00000225. The number of halogens is 1. The van der Waals surface area contributed by atoms with Gasteiger partial charge in [0, 0.05) is 31.5 Å². The van der Waals surface area contributed by atoms with E-state index in [0.29, 0.717) is 6.54 Å². The number of carbonyl (C=O) groups is 1. The van der Waals surface area contributed by atoms with Gasteiger partial charge in [0.1, 0.15) is 11.3 Å². The van der Waals surface area contributed by atoms with E-state index in [9.17, 15) is 4.79 Å². The van der Waals surface area contributed by atoms with Gasteiger partial charge < -0.3 is 15.0 Å². The largest absolute Gasteiger partial charge is 0.496 e. The maximum absolute atomic E-state index is 13.3. The zero-order valence-corrected chi connectivity index (χ0v) is 15.5. The van der Waals surface area contributed by atoms with Crippen LogP contribution in [0.25, 0.3) is 0 Å². The summed E-state index contributed by atoms with van der Waals surface area (Å²) >= 11 is 0. The smallest absolute Gasteiger partial charge is 0.250 e. The Labute approximate surface area is 154 Å². The molecular formula is C18H25ClN4O2. The van der Waals surface area contributed by atoms with E-state index < -0.39 is 5.54 Å². The molecule has 0 unspecified atom stereocenters. The molecule has 1 fully saturated rings. The Morgan fingerprint density at radius 3 is 2.68 bits per heavy atom. The number of hydrogen-bond donors (Lipinski definition) is 1. The normalized spacial score (nSPS) is 15.9. The number of likely N-dealkylation sites (N-methyl/N-ethyl adjacent to an activating group) is 1. The van der Waals surface area contributed by atoms with E-state index in [0.717, 1.165) is 37.2 Å². The van der Waals surface area contributed by atoms with Crippen molar-refractivity contribution in [2.24, 2.45) is 0 Å². The van der Waals surface area contributed by atoms with Gasteiger partial charge in [-0.05, 0) is 38.1 Å². The lowest BCUT2D eigenvalue weighted by Gasteiger charge is -2.39. The second kappa shape index (κ2) is 8.36. The average Bonchev–Trinajstić information content (AvgIpc) is 3.17. The standard InChI is InChI=1S/C18H24N4O2.ClH/c1-21(14-15-6-3-4-7-16(15)24-2)17(23)18(8-11-19-12-9-18)22-13-5-10-20-22;/h3-7,10,13,19H,8-9,11-12,14H2,1-2H3;1H. The van der Waals surface area contributed by atoms with E-state index >= 15 is 0 Å². The summed E-state index contributed by atoms with van der Waals surface area (Å²) in [5.74, 6) is 0.897. The molecule has 25 heavy (non-hydrogen) atoms. The fraction of sp³-hybridized carbons (Fsp3) is 0.444. The molecule has 0 bridgehead atoms. The summed E-state index contributed by atoms with van der Waals surface area (Å²) in [6.45, 7) is 2.14. The molecule has 0 atom stereocenters. The Kier molecular flexibility index (Phi) is 6.45. The number of piperidine rings is 1. The first kappa shape index (κ1) is 19.3. The maximum Gasteiger partial charge on any atom is 0.250 e. The van der Waals surface area contributed by atoms with Gasteiger partial charge in [0.05, 0.1) is 7.11 Å². The molecule has 1 amide bonds. The van der Waals surface area contributed by atoms with E-state index in [-0.39, 0.29) is 18.3 Å². The highest BCUT2D eigenvalue weighted by molar-refractivity contribution is 5.85. The van der Waals surface area contributed by atoms with Crippen LogP contribution in [0.15, 0.2) is 42.7 Å². The van der Waals surface area contributed by atoms with Crippen molar-refractivity contribution >= 4 is 18.3 Å². The molecule has 7 heteroatoms. The van der Waals surface area contributed by atoms with Crippen LogP contribution >= 0.6 is 12.4 Å². The molecule has 0 saturated carbocycles. The summed E-state index contributed by atoms with van der Waals surface area (Å²) in [6.07, 6.45) is 5.10. The first-order chi connectivity index (χ1) is 11.7. The molecule has 1 aliphatic rings. The lowest BCUT2D eigenvalue weighted by Crippen LogP contribution is -2.54. The Bertz CT molecular complexity index is 684. The van der Waals surface area contributed by atoms with Crippen LogP contribution in [-0.4, -0.2) is 47.8 Å². The van der Waals surface area contributed by atoms with Crippen LogP contribution in [0.4, 0.5) is 0 Å². The number of carbonyl (C=O) groups excluding carboxylic acids is 1. The van der Waals surface area contributed by atoms with E-state index in [1.165, 1.54) is 0 Å². The summed E-state index contributed by atoms with van der Waals surface area (Å²) in [7, 11) is 3.50. The molecule has 1 aromatic heterocycles. The minimum atomic E-state index is -0.606. The first-order valence-corrected chi connectivity index (χ1v) is 8.26. The van der Waals surface area contributed by atoms with Gasteiger partial charge in [-0.3, -0.25) is 9.48 Å². The number of nitrogens with one attached hydrogen (secondary N) is 1. The van der Waals surface area contributed by atoms with Crippen molar-refractivity contribution in [1.82, 2.24) is 20.0 Å². The van der Waals surface area contributed by atoms with Crippen LogP contribution in [0.3, 0.4) is 0 Å². The number of para-hydroxylation sites is 1. The topological polar surface area (TPSA) is 59.4 Å². The van der Waals surface area contributed by atoms with E-state index in [1.807, 2.05) is 48.3 Å². The monoisotopic (exact) mass is 364 g/mol. The van der Waals surface area contributed by atoms with Gasteiger partial charge in [-0.25, -0.2) is 0 Å². The van der Waals surface area contributed by atoms with Crippen molar-refractivity contribution in [3.05, 3.63) is 48.3 Å². The van der Waals surface area contributed by atoms with E-state index in [1.54, 1.807) is 18.2 Å². The molecule has 2 heterocycles. The number of amides is 1. The second-order valence-corrected chi connectivity index (χ2v) is 6.21. The average molecular weight is 365 g/mol. The minimum Gasteiger partial charge on any atom is -0.496 e. The summed E-state index contributed by atoms with van der Waals surface area (Å²) < 4.78 is 7.23. The van der Waals surface area contributed by atoms with Gasteiger partial charge in [-0.2, -0.15) is 5.10 Å². The fourth-order valence-corrected chi connectivity index (χ4v) is 3.42. The van der Waals surface area contributed by atoms with Crippen molar-refractivity contribution in [3.63, 3.8) is 0 Å². The van der Waals surface area contributed by atoms with Crippen molar-refractivity contribution in [1.29, 1.82) is 0 Å². The molecule has 2 aromatic rings. The number of aromatic nitrogens is 2. The third-order valence-electron chi connectivity index (χ3n) is 4.72. The number of nitrogens with zero attached hydrogens (tertiary/aromatic N) is 3. The predicted molar refractivity (Wildman–Crippen MR) is 99.0 cm³/mol. The van der Waals surface area contributed by atoms with Gasteiger partial charge in [0.2, 0.25) is 0 Å². The number of rotatable bonds is 5. The molecule has 0 spiro atoms. The molecule has 0 radical (unpaired) electrons. The summed E-state index contributed by atoms with van der Waals surface area (Å²) in [5, 5.41) is 7.70. The van der Waals surface area contributed by atoms with Gasteiger partial charge in [-0.15, -0.1) is 12.4 Å². The SMILES string of the molecule is COc1ccccc1CN(C)C(=O)C1(n2cccn2)CCNCC1.Cl. The lowest BCUT2D eigenvalue weighted by molar-refractivity contribution is -0.142. The fourth-order valence-electron chi connectivity index (χ4n) is 3.42. The van der Waals surface area contributed by atoms with Crippen molar-refractivity contribution in [2.75, 3.05) is 27.2 Å². The van der Waals surface area contributed by atoms with Gasteiger partial charge in [-0.1, -0.05) is 18.2 Å². The highest BCUT2D eigenvalue weighted by Gasteiger charge is 2.43. The van der Waals surface area contributed by atoms with Crippen LogP contribution in [0.2, 0.25) is 0 Å². The molecule has 136 valence electrons. The molecule has 3 rings (SSSR count). The molecule has 1 saturated heterocycles. The van der Waals surface area contributed by atoms with Gasteiger partial charge in [0.15, 0.2) is 0 Å². The molecular weight excluding hydrogens is 340 g/mol. The van der Waals surface area contributed by atoms with Crippen molar-refractivity contribution < 1.29 is 9.53 Å². The maximum atomic E-state index is 13.3. The highest BCUT2D eigenvalue weighted by Crippen LogP contribution is 2.30. The van der Waals surface area contributed by atoms with Crippen LogP contribution in [0, 0.1) is 0 Å². The lowest BCUT2D eigenvalue weighted by atomic mass is 9.86. The van der Waals surface area contributed by atoms with Crippen LogP contribution < -0.4 is 10.1 Å². The third-order valence-corrected chi connectivity index (χ3v) is 4.72. The number of benzene rings is 1. The highest BCUT2D eigenvalue weighted by atomic mass is 35.5. The van der Waals surface area contributed by atoms with Gasteiger partial charge >= 0.3 is 0 Å². The zero-order chi connectivity index (χ0) is 17.0. The van der Waals surface area contributed by atoms with E-state index in [4.69, 9.17) is 4.74 Å².